The smallest absolute Gasteiger partial charge is 0.270 e. The van der Waals surface area contributed by atoms with E-state index in [1.807, 2.05) is 0 Å². The van der Waals surface area contributed by atoms with Gasteiger partial charge in [0.25, 0.3) is 5.91 Å². The summed E-state index contributed by atoms with van der Waals surface area (Å²) in [5.41, 5.74) is 10.2. The van der Waals surface area contributed by atoms with Crippen molar-refractivity contribution in [2.24, 2.45) is 5.73 Å². The number of fused-ring (bicyclic) bond motifs is 1. The zero-order chi connectivity index (χ0) is 17.4. The second-order valence-corrected chi connectivity index (χ2v) is 7.23. The van der Waals surface area contributed by atoms with Crippen molar-refractivity contribution < 1.29 is 4.79 Å². The normalized spacial score (nSPS) is 13.4. The Hall–Kier alpha value is -2.79. The lowest BCUT2D eigenvalue weighted by molar-refractivity contribution is 0.0996. The Kier molecular flexibility index (Phi) is 3.93. The van der Waals surface area contributed by atoms with Crippen LogP contribution in [0.2, 0.25) is 0 Å². The van der Waals surface area contributed by atoms with E-state index in [0.29, 0.717) is 6.42 Å². The number of aromatic nitrogens is 2. The Morgan fingerprint density at radius 2 is 2.04 bits per heavy atom. The van der Waals surface area contributed by atoms with Crippen molar-refractivity contribution in [1.82, 2.24) is 10.2 Å². The van der Waals surface area contributed by atoms with Crippen LogP contribution in [0.25, 0.3) is 20.5 Å². The van der Waals surface area contributed by atoms with Crippen LogP contribution in [-0.2, 0) is 6.42 Å². The van der Waals surface area contributed by atoms with E-state index >= 15 is 0 Å². The van der Waals surface area contributed by atoms with Gasteiger partial charge in [0, 0.05) is 16.7 Å². The summed E-state index contributed by atoms with van der Waals surface area (Å²) in [5.74, 6) is -0.540. The topological polar surface area (TPSA) is 68.9 Å². The lowest BCUT2D eigenvalue weighted by atomic mass is 10.1. The van der Waals surface area contributed by atoms with Gasteiger partial charge in [0.2, 0.25) is 0 Å². The minimum Gasteiger partial charge on any atom is -0.364 e. The van der Waals surface area contributed by atoms with Crippen molar-refractivity contribution in [2.75, 3.05) is 0 Å². The molecule has 0 unspecified atom stereocenters. The number of amides is 1. The first-order valence-corrected chi connectivity index (χ1v) is 8.95. The van der Waals surface area contributed by atoms with Gasteiger partial charge in [-0.25, -0.2) is 0 Å². The lowest BCUT2D eigenvalue weighted by Crippen LogP contribution is -2.14. The molecule has 0 saturated heterocycles. The molecule has 1 amide bonds. The van der Waals surface area contributed by atoms with Crippen LogP contribution >= 0.6 is 11.3 Å². The molecule has 2 aromatic heterocycles. The van der Waals surface area contributed by atoms with Crippen LogP contribution in [0, 0.1) is 6.92 Å². The third-order valence-corrected chi connectivity index (χ3v) is 5.51. The Balaban J connectivity index is 1.86. The number of aryl methyl sites for hydroxylation is 1. The van der Waals surface area contributed by atoms with E-state index in [9.17, 15) is 4.79 Å². The molecule has 2 N–H and O–H groups in total. The molecule has 0 bridgehead atoms. The largest absolute Gasteiger partial charge is 0.364 e. The van der Waals surface area contributed by atoms with E-state index in [1.54, 1.807) is 11.3 Å². The summed E-state index contributed by atoms with van der Waals surface area (Å²) in [7, 11) is 0. The van der Waals surface area contributed by atoms with Crippen LogP contribution in [-0.4, -0.2) is 16.1 Å². The number of hydrogen-bond acceptors (Lipinski definition) is 4. The predicted octanol–water partition coefficient (Wildman–Crippen LogP) is 4.19. The molecule has 0 aliphatic heterocycles. The number of nitrogens with zero attached hydrogens (tertiary/aromatic N) is 2. The summed E-state index contributed by atoms with van der Waals surface area (Å²) < 4.78 is 0.815. The van der Waals surface area contributed by atoms with Gasteiger partial charge in [0.05, 0.1) is 10.4 Å². The molecule has 0 fully saturated rings. The molecule has 124 valence electrons. The van der Waals surface area contributed by atoms with Crippen LogP contribution in [0.5, 0.6) is 0 Å². The van der Waals surface area contributed by atoms with Crippen LogP contribution < -0.4 is 5.73 Å². The monoisotopic (exact) mass is 347 g/mol. The lowest BCUT2D eigenvalue weighted by Gasteiger charge is -2.03. The summed E-state index contributed by atoms with van der Waals surface area (Å²) >= 11 is 1.54. The fourth-order valence-electron chi connectivity index (χ4n) is 2.97. The van der Waals surface area contributed by atoms with Crippen LogP contribution in [0.3, 0.4) is 0 Å². The molecule has 2 heterocycles. The van der Waals surface area contributed by atoms with E-state index < -0.39 is 5.91 Å². The molecule has 0 atom stereocenters. The minimum atomic E-state index is -0.540. The molecular formula is C20H17N3OS. The van der Waals surface area contributed by atoms with Gasteiger partial charge < -0.3 is 5.73 Å². The van der Waals surface area contributed by atoms with Gasteiger partial charge in [0.15, 0.2) is 5.69 Å². The standard InChI is InChI=1S/C20H17N3OS/c1-12-6-8-14(9-7-12)17-11-15-16(10-13-4-2-3-5-13)22-23-18(20(21)24)19(15)25-17/h2,4-9,11H,3,10H2,1H3,(H2,21,24). The molecule has 1 aliphatic carbocycles. The number of thiophene rings is 1. The Labute approximate surface area is 149 Å². The molecule has 4 nitrogen and oxygen atoms in total. The molecule has 0 spiro atoms. The Morgan fingerprint density at radius 3 is 2.72 bits per heavy atom. The maximum atomic E-state index is 11.8. The zero-order valence-corrected chi connectivity index (χ0v) is 14.6. The number of primary amides is 1. The summed E-state index contributed by atoms with van der Waals surface area (Å²) in [6.45, 7) is 2.06. The fourth-order valence-corrected chi connectivity index (χ4v) is 4.15. The van der Waals surface area contributed by atoms with Crippen LogP contribution in [0.1, 0.15) is 28.2 Å². The first-order valence-electron chi connectivity index (χ1n) is 8.13. The van der Waals surface area contributed by atoms with Crippen LogP contribution in [0.4, 0.5) is 0 Å². The first kappa shape index (κ1) is 15.7. The van der Waals surface area contributed by atoms with Gasteiger partial charge in [-0.3, -0.25) is 4.79 Å². The summed E-state index contributed by atoms with van der Waals surface area (Å²) in [6.07, 6.45) is 8.10. The highest BCUT2D eigenvalue weighted by Gasteiger charge is 2.18. The summed E-state index contributed by atoms with van der Waals surface area (Å²) in [4.78, 5) is 12.9. The molecule has 1 aromatic carbocycles. The average molecular weight is 347 g/mol. The highest BCUT2D eigenvalue weighted by molar-refractivity contribution is 7.22. The SMILES string of the molecule is Cc1ccc(-c2cc3c(CC4=CCC=C4)nnc(C(N)=O)c3s2)cc1. The Morgan fingerprint density at radius 1 is 1.24 bits per heavy atom. The number of nitrogens with two attached hydrogens (primary N) is 1. The minimum absolute atomic E-state index is 0.248. The maximum absolute atomic E-state index is 11.8. The van der Waals surface area contributed by atoms with Gasteiger partial charge >= 0.3 is 0 Å². The highest BCUT2D eigenvalue weighted by atomic mass is 32.1. The number of carbonyl (C=O) groups excluding carboxylic acids is 1. The molecule has 25 heavy (non-hydrogen) atoms. The third-order valence-electron chi connectivity index (χ3n) is 4.32. The van der Waals surface area contributed by atoms with Crippen LogP contribution in [0.15, 0.2) is 54.1 Å². The number of hydrogen-bond donors (Lipinski definition) is 1. The third kappa shape index (κ3) is 2.98. The second-order valence-electron chi connectivity index (χ2n) is 6.17. The number of allylic oxidation sites excluding steroid dienone is 4. The molecule has 5 heteroatoms. The van der Waals surface area contributed by atoms with E-state index in [4.69, 9.17) is 5.73 Å². The van der Waals surface area contributed by atoms with E-state index in [1.165, 1.54) is 11.1 Å². The Bertz CT molecular complexity index is 1030. The second kappa shape index (κ2) is 6.26. The van der Waals surface area contributed by atoms with Gasteiger partial charge in [-0.05, 0) is 30.5 Å². The average Bonchev–Trinajstić information content (AvgIpc) is 3.25. The maximum Gasteiger partial charge on any atom is 0.270 e. The van der Waals surface area contributed by atoms with Crippen molar-refractivity contribution in [2.45, 2.75) is 19.8 Å². The van der Waals surface area contributed by atoms with Gasteiger partial charge in [-0.1, -0.05) is 48.1 Å². The number of carbonyl (C=O) groups is 1. The van der Waals surface area contributed by atoms with Gasteiger partial charge in [0.1, 0.15) is 0 Å². The molecule has 4 rings (SSSR count). The number of rotatable bonds is 4. The van der Waals surface area contributed by atoms with Crippen molar-refractivity contribution in [3.8, 4) is 10.4 Å². The van der Waals surface area contributed by atoms with Crippen molar-refractivity contribution in [3.63, 3.8) is 0 Å². The first-order chi connectivity index (χ1) is 12.1. The molecular weight excluding hydrogens is 330 g/mol. The summed E-state index contributed by atoms with van der Waals surface area (Å²) in [6, 6.07) is 10.4. The predicted molar refractivity (Wildman–Crippen MR) is 102 cm³/mol. The van der Waals surface area contributed by atoms with E-state index in [2.05, 4.69) is 65.7 Å². The molecule has 0 saturated carbocycles. The highest BCUT2D eigenvalue weighted by Crippen LogP contribution is 2.36. The molecule has 0 radical (unpaired) electrons. The molecule has 3 aromatic rings. The van der Waals surface area contributed by atoms with Crippen molar-refractivity contribution >= 4 is 27.3 Å². The summed E-state index contributed by atoms with van der Waals surface area (Å²) in [5, 5.41) is 9.36. The van der Waals surface area contributed by atoms with Crippen molar-refractivity contribution in [3.05, 3.63) is 71.1 Å². The van der Waals surface area contributed by atoms with Gasteiger partial charge in [-0.15, -0.1) is 16.4 Å². The fraction of sp³-hybridized carbons (Fsp3) is 0.150. The number of benzene rings is 1. The van der Waals surface area contributed by atoms with E-state index in [-0.39, 0.29) is 5.69 Å². The van der Waals surface area contributed by atoms with Crippen molar-refractivity contribution in [1.29, 1.82) is 0 Å². The molecule has 1 aliphatic rings. The quantitative estimate of drug-likeness (QED) is 0.769. The van der Waals surface area contributed by atoms with E-state index in [0.717, 1.165) is 32.6 Å². The zero-order valence-electron chi connectivity index (χ0n) is 13.8. The van der Waals surface area contributed by atoms with Gasteiger partial charge in [-0.2, -0.15) is 5.10 Å².